The van der Waals surface area contributed by atoms with Gasteiger partial charge >= 0.3 is 0 Å². The molecule has 0 saturated carbocycles. The average Bonchev–Trinajstić information content (AvgIpc) is 2.65. The third kappa shape index (κ3) is 3.85. The van der Waals surface area contributed by atoms with Gasteiger partial charge in [0.25, 0.3) is 5.91 Å². The summed E-state index contributed by atoms with van der Waals surface area (Å²) in [6, 6.07) is 11.3. The molecule has 0 saturated heterocycles. The number of pyridine rings is 1. The lowest BCUT2D eigenvalue weighted by molar-refractivity contribution is -0.142. The number of hydrogen-bond donors (Lipinski definition) is 0. The molecule has 24 heavy (non-hydrogen) atoms. The molecule has 1 amide bonds. The number of para-hydroxylation sites is 2. The minimum absolute atomic E-state index is 0.0326. The topological polar surface area (TPSA) is 51.7 Å². The number of carbonyl (C=O) groups is 1. The summed E-state index contributed by atoms with van der Waals surface area (Å²) in [6.07, 6.45) is 4.88. The SMILES string of the molecule is CCCCN(Cc1ccncc1)C(=O)C1COc2ccccc2O1. The molecule has 5 heteroatoms. The molecule has 1 aliphatic rings. The predicted molar refractivity (Wildman–Crippen MR) is 90.9 cm³/mol. The number of hydrogen-bond acceptors (Lipinski definition) is 4. The van der Waals surface area contributed by atoms with Crippen molar-refractivity contribution in [1.29, 1.82) is 0 Å². The van der Waals surface area contributed by atoms with Crippen LogP contribution in [0.5, 0.6) is 11.5 Å². The van der Waals surface area contributed by atoms with Crippen molar-refractivity contribution in [2.24, 2.45) is 0 Å². The van der Waals surface area contributed by atoms with Crippen LogP contribution in [0.1, 0.15) is 25.3 Å². The van der Waals surface area contributed by atoms with Gasteiger partial charge in [-0.1, -0.05) is 25.5 Å². The molecule has 0 aliphatic carbocycles. The van der Waals surface area contributed by atoms with Gasteiger partial charge in [-0.15, -0.1) is 0 Å². The van der Waals surface area contributed by atoms with Crippen LogP contribution in [-0.4, -0.2) is 35.0 Å². The van der Waals surface area contributed by atoms with Gasteiger partial charge in [0.15, 0.2) is 11.5 Å². The summed E-state index contributed by atoms with van der Waals surface area (Å²) in [5, 5.41) is 0. The fraction of sp³-hybridized carbons (Fsp3) is 0.368. The van der Waals surface area contributed by atoms with Crippen LogP contribution in [0.2, 0.25) is 0 Å². The first-order chi connectivity index (χ1) is 11.8. The Morgan fingerprint density at radius 2 is 1.96 bits per heavy atom. The Balaban J connectivity index is 1.71. The monoisotopic (exact) mass is 326 g/mol. The van der Waals surface area contributed by atoms with Crippen molar-refractivity contribution in [1.82, 2.24) is 9.88 Å². The molecule has 0 bridgehead atoms. The number of aromatic nitrogens is 1. The number of amides is 1. The van der Waals surface area contributed by atoms with E-state index in [1.54, 1.807) is 12.4 Å². The standard InChI is InChI=1S/C19H22N2O3/c1-2-3-12-21(13-15-8-10-20-11-9-15)19(22)18-14-23-16-6-4-5-7-17(16)24-18/h4-11,18H,2-3,12-14H2,1H3. The Kier molecular flexibility index (Phi) is 5.31. The zero-order valence-electron chi connectivity index (χ0n) is 13.9. The number of carbonyl (C=O) groups excluding carboxylic acids is 1. The molecule has 1 aliphatic heterocycles. The van der Waals surface area contributed by atoms with E-state index in [2.05, 4.69) is 11.9 Å². The molecule has 1 unspecified atom stereocenters. The van der Waals surface area contributed by atoms with E-state index in [1.807, 2.05) is 41.3 Å². The minimum atomic E-state index is -0.599. The molecule has 126 valence electrons. The second-order valence-electron chi connectivity index (χ2n) is 5.83. The lowest BCUT2D eigenvalue weighted by Gasteiger charge is -2.31. The number of fused-ring (bicyclic) bond motifs is 1. The highest BCUT2D eigenvalue weighted by molar-refractivity contribution is 5.82. The van der Waals surface area contributed by atoms with E-state index in [-0.39, 0.29) is 12.5 Å². The molecule has 2 heterocycles. The van der Waals surface area contributed by atoms with E-state index in [1.165, 1.54) is 0 Å². The van der Waals surface area contributed by atoms with Gasteiger partial charge in [0.2, 0.25) is 6.10 Å². The lowest BCUT2D eigenvalue weighted by Crippen LogP contribution is -2.46. The molecule has 0 fully saturated rings. The summed E-state index contributed by atoms with van der Waals surface area (Å²) in [5.41, 5.74) is 1.06. The third-order valence-corrected chi connectivity index (χ3v) is 4.00. The first-order valence-electron chi connectivity index (χ1n) is 8.34. The normalized spacial score (nSPS) is 15.8. The summed E-state index contributed by atoms with van der Waals surface area (Å²) in [4.78, 5) is 18.8. The molecule has 1 aromatic heterocycles. The van der Waals surface area contributed by atoms with Crippen LogP contribution in [0.3, 0.4) is 0 Å². The van der Waals surface area contributed by atoms with Gasteiger partial charge < -0.3 is 14.4 Å². The smallest absolute Gasteiger partial charge is 0.267 e. The van der Waals surface area contributed by atoms with E-state index in [9.17, 15) is 4.79 Å². The third-order valence-electron chi connectivity index (χ3n) is 4.00. The quantitative estimate of drug-likeness (QED) is 0.819. The van der Waals surface area contributed by atoms with Crippen LogP contribution in [0, 0.1) is 0 Å². The van der Waals surface area contributed by atoms with Gasteiger partial charge in [-0.25, -0.2) is 0 Å². The number of benzene rings is 1. The number of unbranched alkanes of at least 4 members (excludes halogenated alkanes) is 1. The van der Waals surface area contributed by atoms with Gasteiger partial charge in [0.1, 0.15) is 6.61 Å². The molecule has 0 N–H and O–H groups in total. The highest BCUT2D eigenvalue weighted by Gasteiger charge is 2.30. The summed E-state index contributed by atoms with van der Waals surface area (Å²) >= 11 is 0. The first kappa shape index (κ1) is 16.3. The molecule has 2 aromatic rings. The van der Waals surface area contributed by atoms with Crippen LogP contribution >= 0.6 is 0 Å². The van der Waals surface area contributed by atoms with Crippen molar-refractivity contribution < 1.29 is 14.3 Å². The van der Waals surface area contributed by atoms with Crippen molar-refractivity contribution in [2.45, 2.75) is 32.4 Å². The lowest BCUT2D eigenvalue weighted by atomic mass is 10.2. The molecule has 0 spiro atoms. The summed E-state index contributed by atoms with van der Waals surface area (Å²) in [6.45, 7) is 3.63. The predicted octanol–water partition coefficient (Wildman–Crippen LogP) is 3.05. The Bertz CT molecular complexity index is 675. The summed E-state index contributed by atoms with van der Waals surface area (Å²) in [5.74, 6) is 1.28. The highest BCUT2D eigenvalue weighted by Crippen LogP contribution is 2.31. The second-order valence-corrected chi connectivity index (χ2v) is 5.83. The van der Waals surface area contributed by atoms with Crippen molar-refractivity contribution in [2.75, 3.05) is 13.2 Å². The van der Waals surface area contributed by atoms with Crippen molar-refractivity contribution in [3.63, 3.8) is 0 Å². The highest BCUT2D eigenvalue weighted by atomic mass is 16.6. The molecule has 3 rings (SSSR count). The maximum atomic E-state index is 12.9. The van der Waals surface area contributed by atoms with E-state index >= 15 is 0 Å². The minimum Gasteiger partial charge on any atom is -0.485 e. The maximum Gasteiger partial charge on any atom is 0.267 e. The fourth-order valence-electron chi connectivity index (χ4n) is 2.67. The van der Waals surface area contributed by atoms with Gasteiger partial charge in [0.05, 0.1) is 0 Å². The van der Waals surface area contributed by atoms with Crippen LogP contribution < -0.4 is 9.47 Å². The van der Waals surface area contributed by atoms with E-state index in [0.29, 0.717) is 24.6 Å². The van der Waals surface area contributed by atoms with E-state index in [4.69, 9.17) is 9.47 Å². The molecule has 0 radical (unpaired) electrons. The molecule has 1 atom stereocenters. The van der Waals surface area contributed by atoms with E-state index in [0.717, 1.165) is 18.4 Å². The Morgan fingerprint density at radius 3 is 2.71 bits per heavy atom. The van der Waals surface area contributed by atoms with Crippen LogP contribution in [0.4, 0.5) is 0 Å². The van der Waals surface area contributed by atoms with Gasteiger partial charge in [-0.05, 0) is 36.2 Å². The number of ether oxygens (including phenoxy) is 2. The molecule has 5 nitrogen and oxygen atoms in total. The number of nitrogens with zero attached hydrogens (tertiary/aromatic N) is 2. The summed E-state index contributed by atoms with van der Waals surface area (Å²) in [7, 11) is 0. The number of rotatable bonds is 6. The summed E-state index contributed by atoms with van der Waals surface area (Å²) < 4.78 is 11.5. The van der Waals surface area contributed by atoms with Crippen LogP contribution in [-0.2, 0) is 11.3 Å². The Labute approximate surface area is 142 Å². The fourth-order valence-corrected chi connectivity index (χ4v) is 2.67. The first-order valence-corrected chi connectivity index (χ1v) is 8.34. The van der Waals surface area contributed by atoms with Crippen LogP contribution in [0.15, 0.2) is 48.8 Å². The van der Waals surface area contributed by atoms with Gasteiger partial charge in [-0.2, -0.15) is 0 Å². The Hall–Kier alpha value is -2.56. The zero-order valence-corrected chi connectivity index (χ0v) is 13.9. The van der Waals surface area contributed by atoms with Crippen LogP contribution in [0.25, 0.3) is 0 Å². The molecular weight excluding hydrogens is 304 g/mol. The molecular formula is C19H22N2O3. The average molecular weight is 326 g/mol. The molecule has 1 aromatic carbocycles. The largest absolute Gasteiger partial charge is 0.485 e. The van der Waals surface area contributed by atoms with Crippen molar-refractivity contribution in [3.05, 3.63) is 54.4 Å². The Morgan fingerprint density at radius 1 is 1.21 bits per heavy atom. The van der Waals surface area contributed by atoms with Gasteiger partial charge in [0, 0.05) is 25.5 Å². The van der Waals surface area contributed by atoms with Crippen molar-refractivity contribution in [3.8, 4) is 11.5 Å². The maximum absolute atomic E-state index is 12.9. The van der Waals surface area contributed by atoms with E-state index < -0.39 is 6.10 Å². The zero-order chi connectivity index (χ0) is 16.8. The second kappa shape index (κ2) is 7.81. The van der Waals surface area contributed by atoms with Crippen molar-refractivity contribution >= 4 is 5.91 Å². The van der Waals surface area contributed by atoms with Gasteiger partial charge in [-0.3, -0.25) is 9.78 Å².